The van der Waals surface area contributed by atoms with E-state index in [0.29, 0.717) is 12.2 Å². The molecule has 0 aliphatic rings. The predicted molar refractivity (Wildman–Crippen MR) is 83.8 cm³/mol. The van der Waals surface area contributed by atoms with Crippen LogP contribution in [0.2, 0.25) is 0 Å². The van der Waals surface area contributed by atoms with Crippen LogP contribution in [-0.2, 0) is 6.42 Å². The Morgan fingerprint density at radius 1 is 1.30 bits per heavy atom. The average molecular weight is 334 g/mol. The molecule has 2 amide bonds. The van der Waals surface area contributed by atoms with Gasteiger partial charge in [0.2, 0.25) is 0 Å². The Bertz CT molecular complexity index is 584. The van der Waals surface area contributed by atoms with E-state index >= 15 is 0 Å². The fraction of sp³-hybridized carbons (Fsp3) is 0.200. The molecule has 1 aromatic carbocycles. The summed E-state index contributed by atoms with van der Waals surface area (Å²) in [5, 5.41) is 5.57. The Labute approximate surface area is 126 Å². The van der Waals surface area contributed by atoms with Crippen LogP contribution in [0.5, 0.6) is 0 Å². The first-order valence-corrected chi connectivity index (χ1v) is 7.15. The minimum Gasteiger partial charge on any atom is -0.338 e. The van der Waals surface area contributed by atoms with E-state index in [4.69, 9.17) is 0 Å². The highest BCUT2D eigenvalue weighted by Gasteiger charge is 2.01. The zero-order chi connectivity index (χ0) is 14.4. The van der Waals surface area contributed by atoms with E-state index in [2.05, 4.69) is 31.5 Å². The first-order chi connectivity index (χ1) is 9.63. The number of aromatic nitrogens is 1. The number of pyridine rings is 1. The van der Waals surface area contributed by atoms with Crippen LogP contribution in [0.4, 0.5) is 10.5 Å². The van der Waals surface area contributed by atoms with Gasteiger partial charge in [-0.3, -0.25) is 4.98 Å². The lowest BCUT2D eigenvalue weighted by Crippen LogP contribution is -2.30. The van der Waals surface area contributed by atoms with Crippen molar-refractivity contribution in [1.29, 1.82) is 0 Å². The van der Waals surface area contributed by atoms with E-state index in [9.17, 15) is 4.79 Å². The molecule has 1 aromatic heterocycles. The zero-order valence-corrected chi connectivity index (χ0v) is 12.8. The van der Waals surface area contributed by atoms with Gasteiger partial charge in [0.15, 0.2) is 0 Å². The largest absolute Gasteiger partial charge is 0.338 e. The molecule has 0 aliphatic heterocycles. The fourth-order valence-corrected chi connectivity index (χ4v) is 2.18. The predicted octanol–water partition coefficient (Wildman–Crippen LogP) is 3.52. The second-order valence-electron chi connectivity index (χ2n) is 4.45. The molecule has 0 atom stereocenters. The van der Waals surface area contributed by atoms with E-state index in [0.717, 1.165) is 16.6 Å². The van der Waals surface area contributed by atoms with E-state index in [1.54, 1.807) is 6.20 Å². The van der Waals surface area contributed by atoms with Crippen LogP contribution >= 0.6 is 15.9 Å². The van der Waals surface area contributed by atoms with Crippen LogP contribution in [0, 0.1) is 6.92 Å². The highest BCUT2D eigenvalue weighted by molar-refractivity contribution is 9.10. The fourth-order valence-electron chi connectivity index (χ4n) is 1.73. The van der Waals surface area contributed by atoms with E-state index < -0.39 is 0 Å². The SMILES string of the molecule is Cc1ccc(NC(=O)NCCc2cccc(Br)c2)cn1. The number of carbonyl (C=O) groups is 1. The summed E-state index contributed by atoms with van der Waals surface area (Å²) in [6, 6.07) is 11.5. The van der Waals surface area contributed by atoms with Crippen molar-refractivity contribution in [2.24, 2.45) is 0 Å². The third-order valence-corrected chi connectivity index (χ3v) is 3.25. The molecule has 5 heteroatoms. The first-order valence-electron chi connectivity index (χ1n) is 6.35. The Morgan fingerprint density at radius 2 is 2.15 bits per heavy atom. The molecule has 1 heterocycles. The molecule has 0 fully saturated rings. The molecule has 0 saturated heterocycles. The Kier molecular flexibility index (Phi) is 5.12. The van der Waals surface area contributed by atoms with Gasteiger partial charge in [0.25, 0.3) is 0 Å². The molecule has 0 radical (unpaired) electrons. The van der Waals surface area contributed by atoms with Crippen LogP contribution in [-0.4, -0.2) is 17.6 Å². The van der Waals surface area contributed by atoms with Crippen molar-refractivity contribution in [3.63, 3.8) is 0 Å². The van der Waals surface area contributed by atoms with E-state index in [1.807, 2.05) is 43.3 Å². The van der Waals surface area contributed by atoms with Crippen molar-refractivity contribution in [2.75, 3.05) is 11.9 Å². The molecule has 2 aromatic rings. The molecule has 0 aliphatic carbocycles. The molecular formula is C15H16BrN3O. The Balaban J connectivity index is 1.76. The van der Waals surface area contributed by atoms with Crippen molar-refractivity contribution < 1.29 is 4.79 Å². The number of halogens is 1. The van der Waals surface area contributed by atoms with Gasteiger partial charge in [0.1, 0.15) is 0 Å². The number of aryl methyl sites for hydroxylation is 1. The summed E-state index contributed by atoms with van der Waals surface area (Å²) in [7, 11) is 0. The van der Waals surface area contributed by atoms with Crippen LogP contribution in [0.25, 0.3) is 0 Å². The molecule has 0 spiro atoms. The maximum atomic E-state index is 11.7. The second kappa shape index (κ2) is 7.05. The third kappa shape index (κ3) is 4.66. The monoisotopic (exact) mass is 333 g/mol. The lowest BCUT2D eigenvalue weighted by Gasteiger charge is -2.07. The standard InChI is InChI=1S/C15H16BrN3O/c1-11-5-6-14(10-18-11)19-15(20)17-8-7-12-3-2-4-13(16)9-12/h2-6,9-10H,7-8H2,1H3,(H2,17,19,20). The summed E-state index contributed by atoms with van der Waals surface area (Å²) in [6.07, 6.45) is 2.43. The summed E-state index contributed by atoms with van der Waals surface area (Å²) in [4.78, 5) is 15.8. The van der Waals surface area contributed by atoms with Gasteiger partial charge >= 0.3 is 6.03 Å². The smallest absolute Gasteiger partial charge is 0.319 e. The molecule has 2 rings (SSSR count). The molecule has 0 saturated carbocycles. The second-order valence-corrected chi connectivity index (χ2v) is 5.36. The van der Waals surface area contributed by atoms with Crippen molar-refractivity contribution >= 4 is 27.6 Å². The minimum absolute atomic E-state index is 0.217. The maximum Gasteiger partial charge on any atom is 0.319 e. The van der Waals surface area contributed by atoms with E-state index in [-0.39, 0.29) is 6.03 Å². The van der Waals surface area contributed by atoms with Gasteiger partial charge in [-0.15, -0.1) is 0 Å². The van der Waals surface area contributed by atoms with E-state index in [1.165, 1.54) is 5.56 Å². The lowest BCUT2D eigenvalue weighted by molar-refractivity contribution is 0.252. The number of benzene rings is 1. The number of hydrogen-bond acceptors (Lipinski definition) is 2. The third-order valence-electron chi connectivity index (χ3n) is 2.76. The molecule has 0 bridgehead atoms. The van der Waals surface area contributed by atoms with Gasteiger partial charge in [0, 0.05) is 16.7 Å². The number of amides is 2. The molecule has 0 unspecified atom stereocenters. The minimum atomic E-state index is -0.217. The number of rotatable bonds is 4. The topological polar surface area (TPSA) is 54.0 Å². The first kappa shape index (κ1) is 14.5. The number of hydrogen-bond donors (Lipinski definition) is 2. The van der Waals surface area contributed by atoms with Crippen LogP contribution in [0.1, 0.15) is 11.3 Å². The van der Waals surface area contributed by atoms with Crippen LogP contribution in [0.3, 0.4) is 0 Å². The van der Waals surface area contributed by atoms with Crippen molar-refractivity contribution in [1.82, 2.24) is 10.3 Å². The summed E-state index contributed by atoms with van der Waals surface area (Å²) in [6.45, 7) is 2.49. The zero-order valence-electron chi connectivity index (χ0n) is 11.2. The Hall–Kier alpha value is -1.88. The highest BCUT2D eigenvalue weighted by Crippen LogP contribution is 2.11. The highest BCUT2D eigenvalue weighted by atomic mass is 79.9. The van der Waals surface area contributed by atoms with Crippen LogP contribution < -0.4 is 10.6 Å². The summed E-state index contributed by atoms with van der Waals surface area (Å²) in [5.41, 5.74) is 2.79. The normalized spacial score (nSPS) is 10.1. The van der Waals surface area contributed by atoms with Crippen molar-refractivity contribution in [3.8, 4) is 0 Å². The number of anilines is 1. The van der Waals surface area contributed by atoms with Gasteiger partial charge in [0.05, 0.1) is 11.9 Å². The van der Waals surface area contributed by atoms with Crippen LogP contribution in [0.15, 0.2) is 47.1 Å². The van der Waals surface area contributed by atoms with Crippen molar-refractivity contribution in [3.05, 3.63) is 58.3 Å². The summed E-state index contributed by atoms with van der Waals surface area (Å²) < 4.78 is 1.05. The number of urea groups is 1. The summed E-state index contributed by atoms with van der Waals surface area (Å²) >= 11 is 3.43. The number of nitrogens with one attached hydrogen (secondary N) is 2. The van der Waals surface area contributed by atoms with Gasteiger partial charge in [-0.05, 0) is 43.2 Å². The Morgan fingerprint density at radius 3 is 2.85 bits per heavy atom. The van der Waals surface area contributed by atoms with Gasteiger partial charge in [-0.2, -0.15) is 0 Å². The molecule has 20 heavy (non-hydrogen) atoms. The molecular weight excluding hydrogens is 318 g/mol. The number of carbonyl (C=O) groups excluding carboxylic acids is 1. The van der Waals surface area contributed by atoms with Gasteiger partial charge < -0.3 is 10.6 Å². The summed E-state index contributed by atoms with van der Waals surface area (Å²) in [5.74, 6) is 0. The van der Waals surface area contributed by atoms with Gasteiger partial charge in [-0.1, -0.05) is 28.1 Å². The number of nitrogens with zero attached hydrogens (tertiary/aromatic N) is 1. The average Bonchev–Trinajstić information content (AvgIpc) is 2.41. The lowest BCUT2D eigenvalue weighted by atomic mass is 10.1. The maximum absolute atomic E-state index is 11.7. The van der Waals surface area contributed by atoms with Crippen molar-refractivity contribution in [2.45, 2.75) is 13.3 Å². The van der Waals surface area contributed by atoms with Gasteiger partial charge in [-0.25, -0.2) is 4.79 Å². The molecule has 2 N–H and O–H groups in total. The molecule has 104 valence electrons. The molecule has 4 nitrogen and oxygen atoms in total. The quantitative estimate of drug-likeness (QED) is 0.899.